The lowest BCUT2D eigenvalue weighted by molar-refractivity contribution is 0.0902. The summed E-state index contributed by atoms with van der Waals surface area (Å²) < 4.78 is 10.4. The molecule has 2 heterocycles. The van der Waals surface area contributed by atoms with Crippen molar-refractivity contribution in [3.63, 3.8) is 0 Å². The predicted molar refractivity (Wildman–Crippen MR) is 92.3 cm³/mol. The van der Waals surface area contributed by atoms with Crippen molar-refractivity contribution in [2.24, 2.45) is 0 Å². The average molecular weight is 343 g/mol. The number of carbonyl (C=O) groups excluding carboxylic acids is 1. The van der Waals surface area contributed by atoms with Crippen LogP contribution in [0.4, 0.5) is 0 Å². The fourth-order valence-corrected chi connectivity index (χ4v) is 3.33. The van der Waals surface area contributed by atoms with Gasteiger partial charge in [0.25, 0.3) is 5.91 Å². The van der Waals surface area contributed by atoms with E-state index in [0.717, 1.165) is 10.4 Å². The smallest absolute Gasteiger partial charge is 0.265 e. The van der Waals surface area contributed by atoms with Crippen LogP contribution in [0, 0.1) is 0 Å². The third kappa shape index (κ3) is 3.50. The molecule has 2 aromatic heterocycles. The molecule has 3 aromatic rings. The fraction of sp³-hybridized carbons (Fsp3) is 0.167. The molecule has 124 valence electrons. The van der Waals surface area contributed by atoms with E-state index in [9.17, 15) is 9.90 Å². The van der Waals surface area contributed by atoms with Crippen LogP contribution >= 0.6 is 11.3 Å². The Morgan fingerprint density at radius 2 is 2.08 bits per heavy atom. The molecule has 5 nitrogen and oxygen atoms in total. The van der Waals surface area contributed by atoms with Gasteiger partial charge in [0.15, 0.2) is 0 Å². The molecule has 1 aromatic carbocycles. The Morgan fingerprint density at radius 3 is 2.75 bits per heavy atom. The minimum Gasteiger partial charge on any atom is -0.495 e. The summed E-state index contributed by atoms with van der Waals surface area (Å²) in [5.41, 5.74) is 1.02. The highest BCUT2D eigenvalue weighted by Crippen LogP contribution is 2.36. The highest BCUT2D eigenvalue weighted by atomic mass is 32.1. The Hall–Kier alpha value is -2.57. The van der Waals surface area contributed by atoms with Crippen molar-refractivity contribution in [2.45, 2.75) is 6.10 Å². The molecule has 0 aliphatic carbocycles. The fourth-order valence-electron chi connectivity index (χ4n) is 2.28. The second kappa shape index (κ2) is 7.33. The maximum atomic E-state index is 12.4. The maximum Gasteiger partial charge on any atom is 0.265 e. The molecule has 0 saturated carbocycles. The van der Waals surface area contributed by atoms with Gasteiger partial charge in [-0.25, -0.2) is 0 Å². The monoisotopic (exact) mass is 343 g/mol. The van der Waals surface area contributed by atoms with Crippen LogP contribution in [0.5, 0.6) is 5.75 Å². The molecule has 1 unspecified atom stereocenters. The Morgan fingerprint density at radius 1 is 1.29 bits per heavy atom. The summed E-state index contributed by atoms with van der Waals surface area (Å²) in [5, 5.41) is 12.7. The van der Waals surface area contributed by atoms with Crippen LogP contribution in [-0.2, 0) is 0 Å². The molecule has 6 heteroatoms. The zero-order valence-electron chi connectivity index (χ0n) is 13.1. The molecule has 0 radical (unpaired) electrons. The van der Waals surface area contributed by atoms with Gasteiger partial charge in [-0.2, -0.15) is 0 Å². The number of ether oxygens (including phenoxy) is 1. The topological polar surface area (TPSA) is 71.7 Å². The maximum absolute atomic E-state index is 12.4. The Bertz CT molecular complexity index is 796. The van der Waals surface area contributed by atoms with E-state index in [1.54, 1.807) is 12.1 Å². The molecular weight excluding hydrogens is 326 g/mol. The first-order valence-electron chi connectivity index (χ1n) is 7.42. The summed E-state index contributed by atoms with van der Waals surface area (Å²) in [6, 6.07) is 15.0. The summed E-state index contributed by atoms with van der Waals surface area (Å²) in [4.78, 5) is 13.8. The molecule has 0 fully saturated rings. The number of carbonyl (C=O) groups is 1. The summed E-state index contributed by atoms with van der Waals surface area (Å²) in [7, 11) is 1.53. The van der Waals surface area contributed by atoms with Crippen LogP contribution in [0.2, 0.25) is 0 Å². The molecule has 1 amide bonds. The van der Waals surface area contributed by atoms with Gasteiger partial charge in [0.1, 0.15) is 22.5 Å². The number of benzene rings is 1. The number of aliphatic hydroxyl groups is 1. The van der Waals surface area contributed by atoms with E-state index in [1.807, 2.05) is 36.4 Å². The van der Waals surface area contributed by atoms with Crippen molar-refractivity contribution in [2.75, 3.05) is 13.7 Å². The van der Waals surface area contributed by atoms with Crippen molar-refractivity contribution in [3.05, 3.63) is 65.4 Å². The molecule has 0 bridgehead atoms. The lowest BCUT2D eigenvalue weighted by Gasteiger charge is -2.09. The molecule has 0 aliphatic rings. The van der Waals surface area contributed by atoms with Crippen molar-refractivity contribution >= 4 is 17.2 Å². The molecular formula is C18H17NO4S. The van der Waals surface area contributed by atoms with Crippen LogP contribution in [0.1, 0.15) is 21.5 Å². The summed E-state index contributed by atoms with van der Waals surface area (Å²) in [6.07, 6.45) is 0.595. The van der Waals surface area contributed by atoms with Crippen molar-refractivity contribution < 1.29 is 19.1 Å². The zero-order valence-corrected chi connectivity index (χ0v) is 13.9. The average Bonchev–Trinajstić information content (AvgIpc) is 3.29. The number of hydrogen-bond donors (Lipinski definition) is 2. The van der Waals surface area contributed by atoms with Gasteiger partial charge < -0.3 is 19.6 Å². The van der Waals surface area contributed by atoms with Gasteiger partial charge in [0, 0.05) is 4.88 Å². The molecule has 0 spiro atoms. The van der Waals surface area contributed by atoms with Gasteiger partial charge in [-0.1, -0.05) is 30.3 Å². The third-order valence-corrected chi connectivity index (χ3v) is 4.67. The van der Waals surface area contributed by atoms with Gasteiger partial charge in [-0.15, -0.1) is 11.3 Å². The van der Waals surface area contributed by atoms with Gasteiger partial charge in [0.2, 0.25) is 0 Å². The highest BCUT2D eigenvalue weighted by Gasteiger charge is 2.19. The van der Waals surface area contributed by atoms with Crippen molar-refractivity contribution in [1.29, 1.82) is 0 Å². The first kappa shape index (κ1) is 16.3. The normalized spacial score (nSPS) is 11.9. The van der Waals surface area contributed by atoms with E-state index in [0.29, 0.717) is 16.4 Å². The SMILES string of the molecule is COc1cc(-c2ccccc2)sc1C(=O)NCC(O)c1ccco1. The largest absolute Gasteiger partial charge is 0.495 e. The van der Waals surface area contributed by atoms with Gasteiger partial charge in [-0.3, -0.25) is 4.79 Å². The first-order chi connectivity index (χ1) is 11.7. The summed E-state index contributed by atoms with van der Waals surface area (Å²) >= 11 is 1.35. The number of thiophene rings is 1. The van der Waals surface area contributed by atoms with Crippen LogP contribution in [0.25, 0.3) is 10.4 Å². The summed E-state index contributed by atoms with van der Waals surface area (Å²) in [5.74, 6) is 0.645. The number of rotatable bonds is 6. The highest BCUT2D eigenvalue weighted by molar-refractivity contribution is 7.17. The number of aliphatic hydroxyl groups excluding tert-OH is 1. The Kier molecular flexibility index (Phi) is 4.98. The Balaban J connectivity index is 1.73. The number of furan rings is 1. The van der Waals surface area contributed by atoms with E-state index in [4.69, 9.17) is 9.15 Å². The van der Waals surface area contributed by atoms with E-state index in [2.05, 4.69) is 5.32 Å². The van der Waals surface area contributed by atoms with Crippen molar-refractivity contribution in [3.8, 4) is 16.2 Å². The van der Waals surface area contributed by atoms with Crippen molar-refractivity contribution in [1.82, 2.24) is 5.32 Å². The third-order valence-electron chi connectivity index (χ3n) is 3.51. The standard InChI is InChI=1S/C18H17NO4S/c1-22-15-10-16(12-6-3-2-4-7-12)24-17(15)18(21)19-11-13(20)14-8-5-9-23-14/h2-10,13,20H,11H2,1H3,(H,19,21). The van der Waals surface area contributed by atoms with Crippen LogP contribution in [-0.4, -0.2) is 24.7 Å². The molecule has 0 aliphatic heterocycles. The summed E-state index contributed by atoms with van der Waals surface area (Å²) in [6.45, 7) is 0.0636. The molecule has 3 rings (SSSR count). The van der Waals surface area contributed by atoms with Crippen LogP contribution in [0.3, 0.4) is 0 Å². The molecule has 2 N–H and O–H groups in total. The number of amides is 1. The van der Waals surface area contributed by atoms with Gasteiger partial charge in [-0.05, 0) is 23.8 Å². The minimum atomic E-state index is -0.886. The first-order valence-corrected chi connectivity index (χ1v) is 8.23. The van der Waals surface area contributed by atoms with E-state index in [1.165, 1.54) is 24.7 Å². The molecule has 0 saturated heterocycles. The second-order valence-electron chi connectivity index (χ2n) is 5.12. The lowest BCUT2D eigenvalue weighted by Crippen LogP contribution is -2.27. The lowest BCUT2D eigenvalue weighted by atomic mass is 10.2. The van der Waals surface area contributed by atoms with Gasteiger partial charge >= 0.3 is 0 Å². The van der Waals surface area contributed by atoms with Crippen LogP contribution < -0.4 is 10.1 Å². The van der Waals surface area contributed by atoms with E-state index in [-0.39, 0.29) is 12.5 Å². The minimum absolute atomic E-state index is 0.0636. The van der Waals surface area contributed by atoms with Crippen LogP contribution in [0.15, 0.2) is 59.2 Å². The van der Waals surface area contributed by atoms with E-state index < -0.39 is 6.10 Å². The number of hydrogen-bond acceptors (Lipinski definition) is 5. The quantitative estimate of drug-likeness (QED) is 0.719. The zero-order chi connectivity index (χ0) is 16.9. The predicted octanol–water partition coefficient (Wildman–Crippen LogP) is 3.48. The number of nitrogens with one attached hydrogen (secondary N) is 1. The molecule has 24 heavy (non-hydrogen) atoms. The van der Waals surface area contributed by atoms with Gasteiger partial charge in [0.05, 0.1) is 19.9 Å². The van der Waals surface area contributed by atoms with E-state index >= 15 is 0 Å². The molecule has 1 atom stereocenters. The second-order valence-corrected chi connectivity index (χ2v) is 6.17. The Labute approximate surface area is 143 Å². The number of methoxy groups -OCH3 is 1.